The van der Waals surface area contributed by atoms with Crippen molar-refractivity contribution in [3.63, 3.8) is 0 Å². The average molecular weight is 656 g/mol. The number of carboxylic acid groups (broad SMARTS) is 1. The molecule has 4 N–H and O–H groups in total. The van der Waals surface area contributed by atoms with Gasteiger partial charge in [-0.25, -0.2) is 9.37 Å². The van der Waals surface area contributed by atoms with Crippen molar-refractivity contribution in [3.05, 3.63) is 75.7 Å². The molecule has 1 aromatic carbocycles. The Morgan fingerprint density at radius 2 is 2.07 bits per heavy atom. The van der Waals surface area contributed by atoms with Crippen molar-refractivity contribution in [1.29, 1.82) is 5.26 Å². The number of likely N-dealkylation sites (tertiary alicyclic amines) is 1. The first-order chi connectivity index (χ1) is 21.8. The summed E-state index contributed by atoms with van der Waals surface area (Å²) < 4.78 is 12.3. The van der Waals surface area contributed by atoms with E-state index in [9.17, 15) is 14.3 Å². The number of carboxylic acids is 1. The van der Waals surface area contributed by atoms with E-state index in [0.29, 0.717) is 12.1 Å². The minimum atomic E-state index is -0.780. The first kappa shape index (κ1) is 39.0. The number of aryl methyl sites for hydroxylation is 1. The zero-order chi connectivity index (χ0) is 34.3. The van der Waals surface area contributed by atoms with E-state index in [1.165, 1.54) is 29.8 Å². The van der Waals surface area contributed by atoms with Gasteiger partial charge in [-0.3, -0.25) is 25.2 Å². The van der Waals surface area contributed by atoms with Crippen LogP contribution in [0.5, 0.6) is 0 Å². The largest absolute Gasteiger partial charge is 0.481 e. The molecule has 3 heterocycles. The lowest BCUT2D eigenvalue weighted by Gasteiger charge is -2.52. The van der Waals surface area contributed by atoms with Gasteiger partial charge in [-0.15, -0.1) is 11.3 Å². The lowest BCUT2D eigenvalue weighted by Crippen LogP contribution is -2.68. The Hall–Kier alpha value is -3.14. The molecule has 2 unspecified atom stereocenters. The zero-order valence-electron chi connectivity index (χ0n) is 28.8. The van der Waals surface area contributed by atoms with Crippen molar-refractivity contribution in [2.24, 2.45) is 5.41 Å². The van der Waals surface area contributed by atoms with Crippen LogP contribution in [0.25, 0.3) is 0 Å². The van der Waals surface area contributed by atoms with E-state index in [1.807, 2.05) is 17.6 Å². The molecule has 1 fully saturated rings. The Bertz CT molecular complexity index is 1300. The van der Waals surface area contributed by atoms with E-state index in [1.54, 1.807) is 50.3 Å². The SMILES string of the molecule is C=C(CCC)C1=C(CN(CC)CCN2CCC2(C)NCC(C)(C)C(=O)O)NC(c2nccs2)NC1.CC#N.Cc1ccccc1F. The van der Waals surface area contributed by atoms with Crippen molar-refractivity contribution in [3.8, 4) is 6.07 Å². The lowest BCUT2D eigenvalue weighted by molar-refractivity contribution is -0.147. The van der Waals surface area contributed by atoms with E-state index in [0.717, 1.165) is 63.5 Å². The number of halogens is 1. The molecule has 2 atom stereocenters. The molecule has 0 bridgehead atoms. The van der Waals surface area contributed by atoms with Crippen LogP contribution in [0.4, 0.5) is 4.39 Å². The Morgan fingerprint density at radius 3 is 2.57 bits per heavy atom. The molecule has 46 heavy (non-hydrogen) atoms. The summed E-state index contributed by atoms with van der Waals surface area (Å²) in [4.78, 5) is 20.9. The van der Waals surface area contributed by atoms with Gasteiger partial charge in [0.15, 0.2) is 0 Å². The van der Waals surface area contributed by atoms with Gasteiger partial charge in [0.1, 0.15) is 17.0 Å². The number of nitriles is 1. The fourth-order valence-electron chi connectivity index (χ4n) is 5.12. The van der Waals surface area contributed by atoms with Crippen LogP contribution >= 0.6 is 11.3 Å². The van der Waals surface area contributed by atoms with E-state index < -0.39 is 11.4 Å². The predicted octanol–water partition coefficient (Wildman–Crippen LogP) is 6.05. The number of rotatable bonds is 14. The zero-order valence-corrected chi connectivity index (χ0v) is 29.6. The van der Waals surface area contributed by atoms with Crippen LogP contribution in [0.3, 0.4) is 0 Å². The molecule has 0 saturated carbocycles. The number of aliphatic carboxylic acids is 1. The van der Waals surface area contributed by atoms with Gasteiger partial charge in [0.2, 0.25) is 0 Å². The van der Waals surface area contributed by atoms with Crippen LogP contribution in [0.1, 0.15) is 77.5 Å². The lowest BCUT2D eigenvalue weighted by atomic mass is 9.90. The number of likely N-dealkylation sites (N-methyl/N-ethyl adjacent to an activating group) is 1. The second kappa shape index (κ2) is 18.9. The number of nitrogens with one attached hydrogen (secondary N) is 3. The molecule has 2 aromatic rings. The van der Waals surface area contributed by atoms with Crippen molar-refractivity contribution in [2.75, 3.05) is 45.8 Å². The summed E-state index contributed by atoms with van der Waals surface area (Å²) in [5.41, 5.74) is 3.53. The van der Waals surface area contributed by atoms with Gasteiger partial charge in [0.25, 0.3) is 0 Å². The molecule has 4 rings (SSSR count). The summed E-state index contributed by atoms with van der Waals surface area (Å²) in [6.45, 7) is 23.7. The van der Waals surface area contributed by atoms with Crippen molar-refractivity contribution >= 4 is 17.3 Å². The molecular formula is C35H54FN7O2S. The number of hydrogen-bond acceptors (Lipinski definition) is 9. The molecule has 0 amide bonds. The summed E-state index contributed by atoms with van der Waals surface area (Å²) in [6.07, 6.45) is 5.00. The fourth-order valence-corrected chi connectivity index (χ4v) is 5.78. The Labute approximate surface area is 279 Å². The van der Waals surface area contributed by atoms with Gasteiger partial charge in [-0.2, -0.15) is 5.26 Å². The van der Waals surface area contributed by atoms with Crippen molar-refractivity contribution in [2.45, 2.75) is 79.6 Å². The molecular weight excluding hydrogens is 601 g/mol. The number of aromatic nitrogens is 1. The van der Waals surface area contributed by atoms with Crippen molar-refractivity contribution in [1.82, 2.24) is 30.7 Å². The van der Waals surface area contributed by atoms with Crippen LogP contribution in [-0.2, 0) is 4.79 Å². The van der Waals surface area contributed by atoms with Crippen LogP contribution < -0.4 is 16.0 Å². The Balaban J connectivity index is 0.000000567. The van der Waals surface area contributed by atoms with Gasteiger partial charge in [-0.05, 0) is 69.9 Å². The van der Waals surface area contributed by atoms with Crippen LogP contribution in [0, 0.1) is 29.5 Å². The Kier molecular flexibility index (Phi) is 16.0. The first-order valence-corrected chi connectivity index (χ1v) is 17.0. The van der Waals surface area contributed by atoms with E-state index in [4.69, 9.17) is 5.26 Å². The highest BCUT2D eigenvalue weighted by Gasteiger charge is 2.41. The average Bonchev–Trinajstić information content (AvgIpc) is 3.56. The molecule has 254 valence electrons. The maximum atomic E-state index is 12.3. The van der Waals surface area contributed by atoms with Crippen LogP contribution in [0.15, 0.2) is 59.3 Å². The number of hydrogen-bond donors (Lipinski definition) is 4. The monoisotopic (exact) mass is 655 g/mol. The predicted molar refractivity (Wildman–Crippen MR) is 186 cm³/mol. The summed E-state index contributed by atoms with van der Waals surface area (Å²) in [5.74, 6) is -0.900. The van der Waals surface area contributed by atoms with Gasteiger partial charge < -0.3 is 10.4 Å². The molecule has 2 aliphatic rings. The number of nitrogens with zero attached hydrogens (tertiary/aromatic N) is 4. The summed E-state index contributed by atoms with van der Waals surface area (Å²) in [5, 5.41) is 30.7. The standard InChI is InChI=1S/C26H44N6O2S.C7H7F.C2H3N/c1-7-9-19(3)20-16-28-22(23-27-11-15-35-23)30-21(20)17-31(8-2)13-14-32-12-10-26(32,6)29-18-25(4,5)24(33)34;1-6-4-2-3-5-7(6)8;1-2-3/h11,15,22,28-30H,3,7-10,12-14,16-18H2,1-2,4-6H3,(H,33,34);2-5H,1H3;1H3. The van der Waals surface area contributed by atoms with Crippen LogP contribution in [0.2, 0.25) is 0 Å². The highest BCUT2D eigenvalue weighted by Crippen LogP contribution is 2.29. The quantitative estimate of drug-likeness (QED) is 0.193. The highest BCUT2D eigenvalue weighted by atomic mass is 32.1. The van der Waals surface area contributed by atoms with E-state index in [-0.39, 0.29) is 17.6 Å². The normalized spacial score (nSPS) is 19.5. The molecule has 1 aromatic heterocycles. The molecule has 1 saturated heterocycles. The molecule has 0 spiro atoms. The number of benzene rings is 1. The third-order valence-electron chi connectivity index (χ3n) is 8.49. The number of thiazole rings is 1. The van der Waals surface area contributed by atoms with E-state index >= 15 is 0 Å². The van der Waals surface area contributed by atoms with Gasteiger partial charge >= 0.3 is 5.97 Å². The van der Waals surface area contributed by atoms with Gasteiger partial charge in [0, 0.05) is 63.5 Å². The summed E-state index contributed by atoms with van der Waals surface area (Å²) in [6, 6.07) is 8.45. The number of carbonyl (C=O) groups is 1. The van der Waals surface area contributed by atoms with Crippen LogP contribution in [-0.4, -0.2) is 77.3 Å². The third kappa shape index (κ3) is 11.6. The molecule has 2 aliphatic heterocycles. The minimum absolute atomic E-state index is 0.0299. The fraction of sp³-hybridized carbons (Fsp3) is 0.571. The third-order valence-corrected chi connectivity index (χ3v) is 9.33. The van der Waals surface area contributed by atoms with Gasteiger partial charge in [-0.1, -0.05) is 45.0 Å². The molecule has 0 aliphatic carbocycles. The maximum absolute atomic E-state index is 12.3. The second-order valence-electron chi connectivity index (χ2n) is 12.5. The van der Waals surface area contributed by atoms with Crippen molar-refractivity contribution < 1.29 is 14.3 Å². The Morgan fingerprint density at radius 1 is 1.37 bits per heavy atom. The maximum Gasteiger partial charge on any atom is 0.310 e. The second-order valence-corrected chi connectivity index (χ2v) is 13.5. The molecule has 9 nitrogen and oxygen atoms in total. The first-order valence-electron chi connectivity index (χ1n) is 16.1. The highest BCUT2D eigenvalue weighted by molar-refractivity contribution is 7.09. The smallest absolute Gasteiger partial charge is 0.310 e. The summed E-state index contributed by atoms with van der Waals surface area (Å²) in [7, 11) is 0. The topological polar surface area (TPSA) is 117 Å². The van der Waals surface area contributed by atoms with E-state index in [2.05, 4.69) is 58.1 Å². The van der Waals surface area contributed by atoms with Gasteiger partial charge in [0.05, 0.1) is 17.1 Å². The summed E-state index contributed by atoms with van der Waals surface area (Å²) >= 11 is 1.66. The minimum Gasteiger partial charge on any atom is -0.481 e. The molecule has 0 radical (unpaired) electrons. The molecule has 11 heteroatoms.